The van der Waals surface area contributed by atoms with Gasteiger partial charge < -0.3 is 10.1 Å². The van der Waals surface area contributed by atoms with E-state index in [1.165, 1.54) is 7.11 Å². The third-order valence-electron chi connectivity index (χ3n) is 2.70. The summed E-state index contributed by atoms with van der Waals surface area (Å²) >= 11 is 1.84. The van der Waals surface area contributed by atoms with Gasteiger partial charge in [0.25, 0.3) is 0 Å². The fraction of sp³-hybridized carbons (Fsp3) is 0.455. The number of likely N-dealkylation sites (N-methyl/N-ethyl adjacent to an activating group) is 1. The summed E-state index contributed by atoms with van der Waals surface area (Å²) in [7, 11) is 3.42. The van der Waals surface area contributed by atoms with Gasteiger partial charge in [-0.3, -0.25) is 0 Å². The second-order valence-electron chi connectivity index (χ2n) is 3.54. The van der Waals surface area contributed by atoms with Gasteiger partial charge in [-0.05, 0) is 24.7 Å². The SMILES string of the molecule is CNC1CSC1c1ccc(OC)c(F)c1. The van der Waals surface area contributed by atoms with E-state index in [-0.39, 0.29) is 5.82 Å². The highest BCUT2D eigenvalue weighted by molar-refractivity contribution is 8.01. The van der Waals surface area contributed by atoms with Crippen molar-refractivity contribution in [3.05, 3.63) is 29.6 Å². The molecule has 1 fully saturated rings. The molecule has 1 aromatic rings. The van der Waals surface area contributed by atoms with Crippen LogP contribution in [0.15, 0.2) is 18.2 Å². The third-order valence-corrected chi connectivity index (χ3v) is 4.21. The summed E-state index contributed by atoms with van der Waals surface area (Å²) in [5, 5.41) is 3.59. The molecule has 1 aliphatic rings. The minimum Gasteiger partial charge on any atom is -0.494 e. The van der Waals surface area contributed by atoms with E-state index in [0.717, 1.165) is 11.3 Å². The van der Waals surface area contributed by atoms with Crippen LogP contribution in [0, 0.1) is 5.82 Å². The number of benzene rings is 1. The number of ether oxygens (including phenoxy) is 1. The zero-order chi connectivity index (χ0) is 10.8. The molecule has 2 atom stereocenters. The van der Waals surface area contributed by atoms with Crippen molar-refractivity contribution in [2.45, 2.75) is 11.3 Å². The van der Waals surface area contributed by atoms with E-state index in [0.29, 0.717) is 17.0 Å². The lowest BCUT2D eigenvalue weighted by molar-refractivity contribution is 0.386. The van der Waals surface area contributed by atoms with Gasteiger partial charge in [0, 0.05) is 17.0 Å². The zero-order valence-corrected chi connectivity index (χ0v) is 9.60. The van der Waals surface area contributed by atoms with Crippen molar-refractivity contribution in [1.29, 1.82) is 0 Å². The Morgan fingerprint density at radius 1 is 1.53 bits per heavy atom. The van der Waals surface area contributed by atoms with Gasteiger partial charge in [0.1, 0.15) is 0 Å². The molecule has 0 radical (unpaired) electrons. The normalized spacial score (nSPS) is 24.7. The Morgan fingerprint density at radius 2 is 2.33 bits per heavy atom. The Hall–Kier alpha value is -0.740. The zero-order valence-electron chi connectivity index (χ0n) is 8.79. The molecule has 4 heteroatoms. The number of nitrogens with one attached hydrogen (secondary N) is 1. The molecule has 1 heterocycles. The van der Waals surface area contributed by atoms with Gasteiger partial charge in [-0.25, -0.2) is 4.39 Å². The molecule has 0 bridgehead atoms. The molecule has 82 valence electrons. The lowest BCUT2D eigenvalue weighted by Crippen LogP contribution is -2.40. The van der Waals surface area contributed by atoms with Crippen molar-refractivity contribution in [2.24, 2.45) is 0 Å². The van der Waals surface area contributed by atoms with Crippen molar-refractivity contribution >= 4 is 11.8 Å². The summed E-state index contributed by atoms with van der Waals surface area (Å²) in [5.41, 5.74) is 1.03. The lowest BCUT2D eigenvalue weighted by atomic mass is 10.1. The molecule has 15 heavy (non-hydrogen) atoms. The Bertz CT molecular complexity index is 356. The van der Waals surface area contributed by atoms with Gasteiger partial charge in [-0.2, -0.15) is 11.8 Å². The number of thioether (sulfide) groups is 1. The number of methoxy groups -OCH3 is 1. The first-order valence-corrected chi connectivity index (χ1v) is 5.93. The second-order valence-corrected chi connectivity index (χ2v) is 4.72. The van der Waals surface area contributed by atoms with E-state index in [1.807, 2.05) is 24.9 Å². The van der Waals surface area contributed by atoms with E-state index in [4.69, 9.17) is 4.74 Å². The second kappa shape index (κ2) is 4.41. The van der Waals surface area contributed by atoms with Crippen LogP contribution in [0.5, 0.6) is 5.75 Å². The van der Waals surface area contributed by atoms with Crippen LogP contribution in [0.25, 0.3) is 0 Å². The highest BCUT2D eigenvalue weighted by atomic mass is 32.2. The molecular weight excluding hydrogens is 213 g/mol. The predicted molar refractivity (Wildman–Crippen MR) is 61.0 cm³/mol. The smallest absolute Gasteiger partial charge is 0.165 e. The average Bonchev–Trinajstić information content (AvgIpc) is 2.17. The molecule has 1 aromatic carbocycles. The Kier molecular flexibility index (Phi) is 3.17. The van der Waals surface area contributed by atoms with E-state index < -0.39 is 0 Å². The molecule has 0 aromatic heterocycles. The van der Waals surface area contributed by atoms with E-state index in [9.17, 15) is 4.39 Å². The predicted octanol–water partition coefficient (Wildman–Crippen LogP) is 2.21. The molecule has 1 aliphatic heterocycles. The summed E-state index contributed by atoms with van der Waals surface area (Å²) in [6, 6.07) is 5.65. The van der Waals surface area contributed by atoms with Crippen molar-refractivity contribution in [1.82, 2.24) is 5.32 Å². The Morgan fingerprint density at radius 3 is 2.80 bits per heavy atom. The maximum absolute atomic E-state index is 13.4. The van der Waals surface area contributed by atoms with Crippen molar-refractivity contribution in [2.75, 3.05) is 19.9 Å². The molecule has 1 saturated heterocycles. The van der Waals surface area contributed by atoms with Crippen LogP contribution in [0.3, 0.4) is 0 Å². The first kappa shape index (κ1) is 10.8. The molecule has 2 rings (SSSR count). The summed E-state index contributed by atoms with van der Waals surface area (Å²) in [6.45, 7) is 0. The topological polar surface area (TPSA) is 21.3 Å². The molecule has 0 saturated carbocycles. The number of rotatable bonds is 3. The van der Waals surface area contributed by atoms with E-state index >= 15 is 0 Å². The maximum atomic E-state index is 13.4. The summed E-state index contributed by atoms with van der Waals surface area (Å²) in [5.74, 6) is 1.12. The van der Waals surface area contributed by atoms with Crippen LogP contribution in [-0.4, -0.2) is 26.0 Å². The van der Waals surface area contributed by atoms with Crippen LogP contribution < -0.4 is 10.1 Å². The third kappa shape index (κ3) is 1.96. The first-order chi connectivity index (χ1) is 7.26. The van der Waals surface area contributed by atoms with E-state index in [1.54, 1.807) is 12.1 Å². The largest absolute Gasteiger partial charge is 0.494 e. The number of halogens is 1. The van der Waals surface area contributed by atoms with Gasteiger partial charge >= 0.3 is 0 Å². The molecule has 0 aliphatic carbocycles. The summed E-state index contributed by atoms with van der Waals surface area (Å²) < 4.78 is 18.3. The van der Waals surface area contributed by atoms with E-state index in [2.05, 4.69) is 5.32 Å². The minimum absolute atomic E-state index is 0.280. The molecular formula is C11H14FNOS. The van der Waals surface area contributed by atoms with Crippen molar-refractivity contribution in [3.63, 3.8) is 0 Å². The standard InChI is InChI=1S/C11H14FNOS/c1-13-9-6-15-11(9)7-3-4-10(14-2)8(12)5-7/h3-5,9,11,13H,6H2,1-2H3. The molecule has 1 N–H and O–H groups in total. The first-order valence-electron chi connectivity index (χ1n) is 4.88. The minimum atomic E-state index is -0.280. The fourth-order valence-electron chi connectivity index (χ4n) is 1.71. The molecule has 0 spiro atoms. The Balaban J connectivity index is 2.19. The summed E-state index contributed by atoms with van der Waals surface area (Å²) in [4.78, 5) is 0. The lowest BCUT2D eigenvalue weighted by Gasteiger charge is -2.36. The maximum Gasteiger partial charge on any atom is 0.165 e. The van der Waals surface area contributed by atoms with Crippen molar-refractivity contribution in [3.8, 4) is 5.75 Å². The molecule has 2 unspecified atom stereocenters. The van der Waals surface area contributed by atoms with Gasteiger partial charge in [-0.15, -0.1) is 0 Å². The van der Waals surface area contributed by atoms with Gasteiger partial charge in [0.2, 0.25) is 0 Å². The van der Waals surface area contributed by atoms with Crippen LogP contribution in [0.4, 0.5) is 4.39 Å². The molecule has 2 nitrogen and oxygen atoms in total. The van der Waals surface area contributed by atoms with Gasteiger partial charge in [-0.1, -0.05) is 6.07 Å². The van der Waals surface area contributed by atoms with Crippen LogP contribution in [0.1, 0.15) is 10.8 Å². The number of hydrogen-bond donors (Lipinski definition) is 1. The fourth-order valence-corrected chi connectivity index (χ4v) is 2.93. The van der Waals surface area contributed by atoms with Crippen LogP contribution in [-0.2, 0) is 0 Å². The average molecular weight is 227 g/mol. The van der Waals surface area contributed by atoms with Gasteiger partial charge in [0.05, 0.1) is 7.11 Å². The molecule has 0 amide bonds. The van der Waals surface area contributed by atoms with Crippen LogP contribution in [0.2, 0.25) is 0 Å². The van der Waals surface area contributed by atoms with Crippen LogP contribution >= 0.6 is 11.8 Å². The quantitative estimate of drug-likeness (QED) is 0.855. The Labute approximate surface area is 93.2 Å². The van der Waals surface area contributed by atoms with Crippen molar-refractivity contribution < 1.29 is 9.13 Å². The van der Waals surface area contributed by atoms with Gasteiger partial charge in [0.15, 0.2) is 11.6 Å². The monoisotopic (exact) mass is 227 g/mol. The summed E-state index contributed by atoms with van der Waals surface area (Å²) in [6.07, 6.45) is 0. The number of hydrogen-bond acceptors (Lipinski definition) is 3. The highest BCUT2D eigenvalue weighted by Gasteiger charge is 2.31. The highest BCUT2D eigenvalue weighted by Crippen LogP contribution is 2.43.